The van der Waals surface area contributed by atoms with Crippen LogP contribution in [0.3, 0.4) is 0 Å². The molecule has 0 aliphatic carbocycles. The first-order chi connectivity index (χ1) is 17.8. The average Bonchev–Trinajstić information content (AvgIpc) is 2.88. The summed E-state index contributed by atoms with van der Waals surface area (Å²) in [5, 5.41) is 2.67. The topological polar surface area (TPSA) is 156 Å². The van der Waals surface area contributed by atoms with Crippen LogP contribution in [0.1, 0.15) is 66.4 Å². The van der Waals surface area contributed by atoms with Gasteiger partial charge in [-0.3, -0.25) is 18.9 Å². The van der Waals surface area contributed by atoms with E-state index in [-0.39, 0.29) is 24.9 Å². The highest BCUT2D eigenvalue weighted by molar-refractivity contribution is 7.59. The number of nitrogens with zero attached hydrogens (tertiary/aromatic N) is 1. The zero-order chi connectivity index (χ0) is 29.0. The summed E-state index contributed by atoms with van der Waals surface area (Å²) >= 11 is 0. The molecule has 38 heavy (non-hydrogen) atoms. The van der Waals surface area contributed by atoms with Crippen molar-refractivity contribution in [2.45, 2.75) is 85.3 Å². The van der Waals surface area contributed by atoms with E-state index in [0.29, 0.717) is 23.3 Å². The maximum Gasteiger partial charge on any atom is 0.417 e. The molecular formula is C27H43N3O7P. The van der Waals surface area contributed by atoms with Gasteiger partial charge in [-0.15, -0.1) is 0 Å². The van der Waals surface area contributed by atoms with Crippen LogP contribution in [0.5, 0.6) is 0 Å². The number of benzene rings is 1. The first-order valence-electron chi connectivity index (χ1n) is 13.1. The third kappa shape index (κ3) is 9.64. The molecule has 0 aromatic heterocycles. The maximum absolute atomic E-state index is 14.0. The second-order valence-electron chi connectivity index (χ2n) is 10.2. The number of ether oxygens (including phenoxy) is 1. The molecule has 0 aliphatic heterocycles. The van der Waals surface area contributed by atoms with Crippen LogP contribution in [0.4, 0.5) is 4.79 Å². The minimum absolute atomic E-state index is 0.0603. The molecule has 11 heteroatoms. The van der Waals surface area contributed by atoms with Crippen molar-refractivity contribution >= 4 is 31.6 Å². The molecule has 4 N–H and O–H groups in total. The molecule has 0 saturated carbocycles. The second kappa shape index (κ2) is 15.8. The Bertz CT molecular complexity index is 973. The predicted molar refractivity (Wildman–Crippen MR) is 146 cm³/mol. The van der Waals surface area contributed by atoms with Gasteiger partial charge in [-0.05, 0) is 29.7 Å². The molecule has 10 nitrogen and oxygen atoms in total. The van der Waals surface area contributed by atoms with E-state index >= 15 is 0 Å². The lowest BCUT2D eigenvalue weighted by Gasteiger charge is -2.36. The van der Waals surface area contributed by atoms with Crippen LogP contribution < -0.4 is 11.1 Å². The van der Waals surface area contributed by atoms with Crippen molar-refractivity contribution in [1.82, 2.24) is 10.2 Å². The van der Waals surface area contributed by atoms with Crippen LogP contribution in [0.2, 0.25) is 0 Å². The van der Waals surface area contributed by atoms with Crippen molar-refractivity contribution in [1.29, 1.82) is 0 Å². The Balaban J connectivity index is 3.53. The zero-order valence-corrected chi connectivity index (χ0v) is 24.1. The van der Waals surface area contributed by atoms with E-state index < -0.39 is 55.2 Å². The van der Waals surface area contributed by atoms with Gasteiger partial charge in [0.25, 0.3) is 5.91 Å². The normalized spacial score (nSPS) is 16.9. The standard InChI is InChI=1S/C27H43N3O7P/c1-7-19(5)23(28)25(32)29-24(20(6)8-2)26(33)30(22(16-18(3)4)38(35,36)15-14-31)27(34)37-17-21-12-10-9-11-13-21/h9-13,18-20,22-24H,7-8,15-17,28H2,1-6H3,(H,29,32)(H,35,36)/t19-,20-,22?,23-,24-/m0/s1. The first kappa shape index (κ1) is 33.5. The third-order valence-electron chi connectivity index (χ3n) is 6.71. The molecule has 1 rings (SSSR count). The summed E-state index contributed by atoms with van der Waals surface area (Å²) in [6, 6.07) is 6.64. The molecule has 1 radical (unpaired) electrons. The monoisotopic (exact) mass is 552 g/mol. The molecule has 1 aromatic rings. The largest absolute Gasteiger partial charge is 0.444 e. The van der Waals surface area contributed by atoms with E-state index in [1.54, 1.807) is 51.1 Å². The second-order valence-corrected chi connectivity index (χ2v) is 12.6. The fourth-order valence-electron chi connectivity index (χ4n) is 3.81. The number of hydrogen-bond acceptors (Lipinski definition) is 7. The molecule has 0 saturated heterocycles. The Morgan fingerprint density at radius 3 is 2.16 bits per heavy atom. The molecule has 1 aromatic carbocycles. The van der Waals surface area contributed by atoms with Gasteiger partial charge in [-0.1, -0.05) is 84.7 Å². The number of nitrogens with one attached hydrogen (secondary N) is 1. The van der Waals surface area contributed by atoms with Crippen LogP contribution in [0.25, 0.3) is 0 Å². The lowest BCUT2D eigenvalue weighted by atomic mass is 9.95. The molecule has 0 fully saturated rings. The van der Waals surface area contributed by atoms with Crippen molar-refractivity contribution in [3.8, 4) is 0 Å². The first-order valence-corrected chi connectivity index (χ1v) is 15.0. The molecule has 0 heterocycles. The van der Waals surface area contributed by atoms with Gasteiger partial charge in [0.15, 0.2) is 0 Å². The number of carbonyl (C=O) groups excluding carboxylic acids is 4. The number of imide groups is 1. The predicted octanol–water partition coefficient (Wildman–Crippen LogP) is 3.81. The Morgan fingerprint density at radius 1 is 1.08 bits per heavy atom. The van der Waals surface area contributed by atoms with Gasteiger partial charge < -0.3 is 20.7 Å². The van der Waals surface area contributed by atoms with Gasteiger partial charge in [0.05, 0.1) is 12.2 Å². The number of carbonyl (C=O) groups is 3. The van der Waals surface area contributed by atoms with Crippen molar-refractivity contribution in [3.05, 3.63) is 35.9 Å². The van der Waals surface area contributed by atoms with Gasteiger partial charge in [0.2, 0.25) is 19.6 Å². The zero-order valence-electron chi connectivity index (χ0n) is 23.3. The SMILES string of the molecule is CC[C@H](C)[C@H](N)C(=O)N[C@H](C(=O)N(C(=O)OCc1ccccc1)C(CC(C)C)P(=O)(O)C[C]=O)[C@@H](C)CC. The molecular weight excluding hydrogens is 509 g/mol. The van der Waals surface area contributed by atoms with Crippen molar-refractivity contribution in [2.75, 3.05) is 6.16 Å². The Labute approximate surface area is 226 Å². The minimum atomic E-state index is -4.43. The highest BCUT2D eigenvalue weighted by atomic mass is 31.2. The van der Waals surface area contributed by atoms with E-state index in [1.807, 2.05) is 20.8 Å². The van der Waals surface area contributed by atoms with E-state index in [0.717, 1.165) is 0 Å². The fourth-order valence-corrected chi connectivity index (χ4v) is 5.53. The lowest BCUT2D eigenvalue weighted by molar-refractivity contribution is -0.138. The quantitative estimate of drug-likeness (QED) is 0.277. The van der Waals surface area contributed by atoms with Crippen molar-refractivity contribution in [3.63, 3.8) is 0 Å². The summed E-state index contributed by atoms with van der Waals surface area (Å²) < 4.78 is 18.7. The smallest absolute Gasteiger partial charge is 0.417 e. The number of hydrogen-bond donors (Lipinski definition) is 3. The summed E-state index contributed by atoms with van der Waals surface area (Å²) in [5.74, 6) is -3.84. The number of amides is 3. The summed E-state index contributed by atoms with van der Waals surface area (Å²) in [6.07, 6.45) is 0.474. The highest BCUT2D eigenvalue weighted by Crippen LogP contribution is 2.50. The molecule has 6 atom stereocenters. The van der Waals surface area contributed by atoms with Crippen molar-refractivity contribution in [2.24, 2.45) is 23.5 Å². The highest BCUT2D eigenvalue weighted by Gasteiger charge is 2.46. The van der Waals surface area contributed by atoms with Gasteiger partial charge in [-0.25, -0.2) is 9.69 Å². The Morgan fingerprint density at radius 2 is 1.66 bits per heavy atom. The lowest BCUT2D eigenvalue weighted by Crippen LogP contribution is -2.59. The van der Waals surface area contributed by atoms with E-state index in [1.165, 1.54) is 6.29 Å². The molecule has 213 valence electrons. The van der Waals surface area contributed by atoms with Crippen LogP contribution in [-0.4, -0.2) is 58.0 Å². The van der Waals surface area contributed by atoms with E-state index in [4.69, 9.17) is 10.5 Å². The summed E-state index contributed by atoms with van der Waals surface area (Å²) in [7, 11) is -4.43. The summed E-state index contributed by atoms with van der Waals surface area (Å²) in [4.78, 5) is 63.0. The van der Waals surface area contributed by atoms with E-state index in [2.05, 4.69) is 5.32 Å². The molecule has 0 bridgehead atoms. The number of nitrogens with two attached hydrogens (primary N) is 1. The van der Waals surface area contributed by atoms with Gasteiger partial charge in [-0.2, -0.15) is 0 Å². The Hall–Kier alpha value is -2.55. The minimum Gasteiger partial charge on any atom is -0.444 e. The summed E-state index contributed by atoms with van der Waals surface area (Å²) in [6.45, 7) is 10.6. The van der Waals surface area contributed by atoms with Crippen LogP contribution in [0, 0.1) is 17.8 Å². The van der Waals surface area contributed by atoms with Gasteiger partial charge in [0, 0.05) is 0 Å². The average molecular weight is 553 g/mol. The van der Waals surface area contributed by atoms with Crippen LogP contribution >= 0.6 is 7.37 Å². The molecule has 0 spiro atoms. The van der Waals surface area contributed by atoms with Gasteiger partial charge >= 0.3 is 6.09 Å². The molecule has 3 amide bonds. The summed E-state index contributed by atoms with van der Waals surface area (Å²) in [5.41, 5.74) is 6.73. The van der Waals surface area contributed by atoms with Crippen molar-refractivity contribution < 1.29 is 33.4 Å². The Kier molecular flexibility index (Phi) is 13.9. The maximum atomic E-state index is 14.0. The fraction of sp³-hybridized carbons (Fsp3) is 0.630. The number of rotatable bonds is 15. The molecule has 2 unspecified atom stereocenters. The van der Waals surface area contributed by atoms with E-state index in [9.17, 15) is 28.6 Å². The third-order valence-corrected chi connectivity index (χ3v) is 8.67. The van der Waals surface area contributed by atoms with Gasteiger partial charge in [0.1, 0.15) is 18.4 Å². The molecule has 0 aliphatic rings. The van der Waals surface area contributed by atoms with Crippen LogP contribution in [-0.2, 0) is 30.3 Å². The van der Waals surface area contributed by atoms with Crippen LogP contribution in [0.15, 0.2) is 30.3 Å².